The van der Waals surface area contributed by atoms with Crippen LogP contribution in [0.15, 0.2) is 42.5 Å². The molecule has 0 bridgehead atoms. The van der Waals surface area contributed by atoms with Crippen molar-refractivity contribution in [2.75, 3.05) is 17.3 Å². The molecule has 0 saturated carbocycles. The van der Waals surface area contributed by atoms with Crippen molar-refractivity contribution in [1.29, 1.82) is 0 Å². The Bertz CT molecular complexity index is 836. The van der Waals surface area contributed by atoms with Crippen LogP contribution in [0.2, 0.25) is 0 Å². The van der Waals surface area contributed by atoms with E-state index in [0.29, 0.717) is 18.0 Å². The van der Waals surface area contributed by atoms with Crippen molar-refractivity contribution in [1.82, 2.24) is 0 Å². The number of hydrogen-bond donors (Lipinski definition) is 1. The molecule has 0 amide bonds. The lowest BCUT2D eigenvalue weighted by Crippen LogP contribution is -2.25. The van der Waals surface area contributed by atoms with Gasteiger partial charge in [-0.3, -0.25) is 4.72 Å². The highest BCUT2D eigenvalue weighted by Crippen LogP contribution is 2.39. The number of sulfonamides is 1. The van der Waals surface area contributed by atoms with Crippen molar-refractivity contribution in [2.24, 2.45) is 5.41 Å². The smallest absolute Gasteiger partial charge is 0.268 e. The highest BCUT2D eigenvalue weighted by Gasteiger charge is 2.24. The predicted octanol–water partition coefficient (Wildman–Crippen LogP) is 3.87. The molecule has 1 heterocycles. The molecule has 1 N–H and O–H groups in total. The molecule has 1 aliphatic heterocycles. The molecule has 0 fully saturated rings. The third kappa shape index (κ3) is 3.82. The van der Waals surface area contributed by atoms with Gasteiger partial charge in [0.2, 0.25) is 5.94 Å². The Kier molecular flexibility index (Phi) is 4.17. The lowest BCUT2D eigenvalue weighted by Gasteiger charge is -2.22. The van der Waals surface area contributed by atoms with Gasteiger partial charge >= 0.3 is 0 Å². The molecule has 3 rings (SSSR count). The second-order valence-electron chi connectivity index (χ2n) is 7.03. The number of rotatable bonds is 3. The quantitative estimate of drug-likeness (QED) is 0.915. The van der Waals surface area contributed by atoms with Crippen molar-refractivity contribution in [3.8, 4) is 22.6 Å². The second-order valence-corrected chi connectivity index (χ2v) is 8.70. The molecule has 0 radical (unpaired) electrons. The van der Waals surface area contributed by atoms with Crippen LogP contribution >= 0.6 is 0 Å². The standard InChI is InChI=1S/C18H21NO4S/c1-18(2,3)11-22-14-9-7-13(8-10-14)15-5-4-6-16-17(15)19-24(20,21)12-23-16/h4-10,19H,11-12H2,1-3H3. The van der Waals surface area contributed by atoms with Crippen molar-refractivity contribution in [3.63, 3.8) is 0 Å². The van der Waals surface area contributed by atoms with E-state index in [-0.39, 0.29) is 11.4 Å². The van der Waals surface area contributed by atoms with E-state index in [1.807, 2.05) is 36.4 Å². The predicted molar refractivity (Wildman–Crippen MR) is 94.9 cm³/mol. The Labute approximate surface area is 142 Å². The largest absolute Gasteiger partial charge is 0.493 e. The maximum absolute atomic E-state index is 11.8. The van der Waals surface area contributed by atoms with Gasteiger partial charge in [0.1, 0.15) is 11.5 Å². The average molecular weight is 347 g/mol. The van der Waals surface area contributed by atoms with Crippen molar-refractivity contribution >= 4 is 15.7 Å². The molecule has 1 aliphatic rings. The highest BCUT2D eigenvalue weighted by molar-refractivity contribution is 7.92. The van der Waals surface area contributed by atoms with E-state index in [1.165, 1.54) is 0 Å². The van der Waals surface area contributed by atoms with E-state index in [1.54, 1.807) is 6.07 Å². The van der Waals surface area contributed by atoms with Gasteiger partial charge in [-0.25, -0.2) is 8.42 Å². The van der Waals surface area contributed by atoms with E-state index >= 15 is 0 Å². The summed E-state index contributed by atoms with van der Waals surface area (Å²) in [4.78, 5) is 0. The Balaban J connectivity index is 1.88. The molecule has 5 nitrogen and oxygen atoms in total. The zero-order valence-corrected chi connectivity index (χ0v) is 14.8. The van der Waals surface area contributed by atoms with Gasteiger partial charge in [-0.05, 0) is 29.2 Å². The molecule has 0 aromatic heterocycles. The Morgan fingerprint density at radius 3 is 2.50 bits per heavy atom. The van der Waals surface area contributed by atoms with E-state index in [4.69, 9.17) is 9.47 Å². The van der Waals surface area contributed by atoms with Gasteiger partial charge in [-0.15, -0.1) is 0 Å². The molecule has 128 valence electrons. The molecule has 6 heteroatoms. The fraction of sp³-hybridized carbons (Fsp3) is 0.333. The minimum absolute atomic E-state index is 0.0901. The fourth-order valence-corrected chi connectivity index (χ4v) is 3.22. The molecule has 2 aromatic carbocycles. The maximum Gasteiger partial charge on any atom is 0.268 e. The summed E-state index contributed by atoms with van der Waals surface area (Å²) in [5, 5.41) is 0. The van der Waals surface area contributed by atoms with E-state index in [0.717, 1.165) is 16.9 Å². The van der Waals surface area contributed by atoms with Gasteiger partial charge in [0.05, 0.1) is 12.3 Å². The number of anilines is 1. The van der Waals surface area contributed by atoms with Crippen molar-refractivity contribution in [2.45, 2.75) is 20.8 Å². The Morgan fingerprint density at radius 1 is 1.12 bits per heavy atom. The van der Waals surface area contributed by atoms with Crippen LogP contribution in [-0.4, -0.2) is 21.0 Å². The summed E-state index contributed by atoms with van der Waals surface area (Å²) in [7, 11) is -3.46. The van der Waals surface area contributed by atoms with Crippen LogP contribution in [0.25, 0.3) is 11.1 Å². The zero-order chi connectivity index (χ0) is 17.4. The number of nitrogens with one attached hydrogen (secondary N) is 1. The minimum atomic E-state index is -3.46. The number of hydrogen-bond acceptors (Lipinski definition) is 4. The van der Waals surface area contributed by atoms with E-state index in [9.17, 15) is 8.42 Å². The third-order valence-corrected chi connectivity index (χ3v) is 4.43. The second kappa shape index (κ2) is 6.02. The summed E-state index contributed by atoms with van der Waals surface area (Å²) in [6.45, 7) is 6.97. The molecular weight excluding hydrogens is 326 g/mol. The SMILES string of the molecule is CC(C)(C)COc1ccc(-c2cccc3c2NS(=O)(=O)CO3)cc1. The molecule has 24 heavy (non-hydrogen) atoms. The molecular formula is C18H21NO4S. The van der Waals surface area contributed by atoms with Crippen LogP contribution in [0.5, 0.6) is 11.5 Å². The van der Waals surface area contributed by atoms with Crippen LogP contribution in [0.3, 0.4) is 0 Å². The summed E-state index contributed by atoms with van der Waals surface area (Å²) in [5.41, 5.74) is 2.24. The van der Waals surface area contributed by atoms with Crippen LogP contribution in [0, 0.1) is 5.41 Å². The Morgan fingerprint density at radius 2 is 1.83 bits per heavy atom. The van der Waals surface area contributed by atoms with Gasteiger partial charge in [0.15, 0.2) is 0 Å². The maximum atomic E-state index is 11.8. The first kappa shape index (κ1) is 16.6. The van der Waals surface area contributed by atoms with E-state index in [2.05, 4.69) is 25.5 Å². The lowest BCUT2D eigenvalue weighted by molar-refractivity contribution is 0.198. The van der Waals surface area contributed by atoms with Crippen LogP contribution in [-0.2, 0) is 10.0 Å². The van der Waals surface area contributed by atoms with Crippen LogP contribution in [0.4, 0.5) is 5.69 Å². The fourth-order valence-electron chi connectivity index (χ4n) is 2.35. The topological polar surface area (TPSA) is 64.6 Å². The lowest BCUT2D eigenvalue weighted by atomic mass is 9.98. The summed E-state index contributed by atoms with van der Waals surface area (Å²) >= 11 is 0. The minimum Gasteiger partial charge on any atom is -0.493 e. The van der Waals surface area contributed by atoms with Crippen molar-refractivity contribution < 1.29 is 17.9 Å². The normalized spacial score (nSPS) is 15.8. The number of ether oxygens (including phenoxy) is 2. The number of fused-ring (bicyclic) bond motifs is 1. The summed E-state index contributed by atoms with van der Waals surface area (Å²) in [6.07, 6.45) is 0. The van der Waals surface area contributed by atoms with Gasteiger partial charge in [0.25, 0.3) is 10.0 Å². The molecule has 0 aliphatic carbocycles. The van der Waals surface area contributed by atoms with Crippen LogP contribution < -0.4 is 14.2 Å². The molecule has 0 spiro atoms. The third-order valence-electron chi connectivity index (χ3n) is 3.49. The molecule has 0 unspecified atom stereocenters. The van der Waals surface area contributed by atoms with Gasteiger partial charge in [-0.1, -0.05) is 45.0 Å². The number of benzene rings is 2. The number of para-hydroxylation sites is 1. The first-order valence-electron chi connectivity index (χ1n) is 7.73. The zero-order valence-electron chi connectivity index (χ0n) is 14.0. The van der Waals surface area contributed by atoms with Gasteiger partial charge < -0.3 is 9.47 Å². The first-order valence-corrected chi connectivity index (χ1v) is 9.38. The molecule has 2 aromatic rings. The van der Waals surface area contributed by atoms with Crippen molar-refractivity contribution in [3.05, 3.63) is 42.5 Å². The van der Waals surface area contributed by atoms with Gasteiger partial charge in [-0.2, -0.15) is 0 Å². The first-order chi connectivity index (χ1) is 11.2. The molecule has 0 saturated heterocycles. The van der Waals surface area contributed by atoms with Gasteiger partial charge in [0, 0.05) is 5.56 Å². The summed E-state index contributed by atoms with van der Waals surface area (Å²) in [6, 6.07) is 13.1. The monoisotopic (exact) mass is 347 g/mol. The summed E-state index contributed by atoms with van der Waals surface area (Å²) in [5.74, 6) is 0.967. The Hall–Kier alpha value is -2.21. The molecule has 0 atom stereocenters. The highest BCUT2D eigenvalue weighted by atomic mass is 32.2. The van der Waals surface area contributed by atoms with E-state index < -0.39 is 10.0 Å². The summed E-state index contributed by atoms with van der Waals surface area (Å²) < 4.78 is 37.2. The average Bonchev–Trinajstić information content (AvgIpc) is 2.51. The van der Waals surface area contributed by atoms with Crippen LogP contribution in [0.1, 0.15) is 20.8 Å².